The predicted octanol–water partition coefficient (Wildman–Crippen LogP) is 3.30. The standard InChI is InChI=1S/C23H33N5O5/c1-10-18-17(12-24)19(26(8)20(29)32-22(2,3)4)28(25-18)15-11-16(14-31-9)27(13-15)21(30)33-23(5,6)7/h1,15-16H,11,13-14H2,2-9H3/t15-,16+/m0/s1. The molecular weight excluding hydrogens is 426 g/mol. The van der Waals surface area contributed by atoms with Gasteiger partial charge in [-0.3, -0.25) is 4.90 Å². The molecule has 0 spiro atoms. The number of nitrogens with zero attached hydrogens (tertiary/aromatic N) is 5. The molecule has 1 aromatic heterocycles. The van der Waals surface area contributed by atoms with Crippen LogP contribution >= 0.6 is 0 Å². The van der Waals surface area contributed by atoms with Gasteiger partial charge in [-0.1, -0.05) is 0 Å². The second-order valence-corrected chi connectivity index (χ2v) is 9.92. The Kier molecular flexibility index (Phi) is 7.66. The quantitative estimate of drug-likeness (QED) is 0.635. The molecule has 1 aliphatic rings. The van der Waals surface area contributed by atoms with E-state index in [2.05, 4.69) is 17.1 Å². The molecule has 1 fully saturated rings. The Labute approximate surface area is 195 Å². The molecule has 2 heterocycles. The normalized spacial score (nSPS) is 18.4. The summed E-state index contributed by atoms with van der Waals surface area (Å²) in [6, 6.07) is 1.41. The number of carbonyl (C=O) groups is 2. The summed E-state index contributed by atoms with van der Waals surface area (Å²) in [7, 11) is 3.05. The van der Waals surface area contributed by atoms with E-state index in [0.717, 1.165) is 0 Å². The van der Waals surface area contributed by atoms with Crippen molar-refractivity contribution >= 4 is 18.0 Å². The Morgan fingerprint density at radius 2 is 1.82 bits per heavy atom. The molecule has 180 valence electrons. The second kappa shape index (κ2) is 9.72. The maximum absolute atomic E-state index is 12.8. The Hall–Kier alpha value is -3.24. The van der Waals surface area contributed by atoms with Crippen molar-refractivity contribution in [2.75, 3.05) is 32.2 Å². The number of rotatable bonds is 4. The minimum atomic E-state index is -0.734. The first-order chi connectivity index (χ1) is 15.2. The van der Waals surface area contributed by atoms with Gasteiger partial charge >= 0.3 is 12.2 Å². The van der Waals surface area contributed by atoms with Crippen LogP contribution in [-0.2, 0) is 14.2 Å². The van der Waals surface area contributed by atoms with Gasteiger partial charge in [-0.2, -0.15) is 10.4 Å². The van der Waals surface area contributed by atoms with Crippen LogP contribution in [0, 0.1) is 23.7 Å². The summed E-state index contributed by atoms with van der Waals surface area (Å²) in [5.41, 5.74) is -1.19. The number of ether oxygens (including phenoxy) is 3. The minimum Gasteiger partial charge on any atom is -0.444 e. The summed E-state index contributed by atoms with van der Waals surface area (Å²) in [4.78, 5) is 28.4. The van der Waals surface area contributed by atoms with Crippen LogP contribution in [0.2, 0.25) is 0 Å². The van der Waals surface area contributed by atoms with Crippen LogP contribution in [0.1, 0.15) is 65.3 Å². The molecule has 0 N–H and O–H groups in total. The van der Waals surface area contributed by atoms with E-state index in [1.165, 1.54) is 16.6 Å². The van der Waals surface area contributed by atoms with Gasteiger partial charge < -0.3 is 19.1 Å². The summed E-state index contributed by atoms with van der Waals surface area (Å²) in [5.74, 6) is 2.63. The molecule has 2 atom stereocenters. The van der Waals surface area contributed by atoms with E-state index in [-0.39, 0.29) is 35.7 Å². The molecule has 10 nitrogen and oxygen atoms in total. The molecule has 0 unspecified atom stereocenters. The number of anilines is 1. The summed E-state index contributed by atoms with van der Waals surface area (Å²) in [6.45, 7) is 11.2. The van der Waals surface area contributed by atoms with Gasteiger partial charge in [0.15, 0.2) is 11.5 Å². The number of hydrogen-bond acceptors (Lipinski definition) is 7. The Morgan fingerprint density at radius 3 is 2.30 bits per heavy atom. The van der Waals surface area contributed by atoms with Crippen LogP contribution in [0.15, 0.2) is 0 Å². The highest BCUT2D eigenvalue weighted by Crippen LogP contribution is 2.35. The second-order valence-electron chi connectivity index (χ2n) is 9.92. The molecule has 10 heteroatoms. The van der Waals surface area contributed by atoms with Crippen molar-refractivity contribution in [3.63, 3.8) is 0 Å². The van der Waals surface area contributed by atoms with Gasteiger partial charge in [0, 0.05) is 20.7 Å². The maximum Gasteiger partial charge on any atom is 0.415 e. The monoisotopic (exact) mass is 459 g/mol. The lowest BCUT2D eigenvalue weighted by atomic mass is 10.1. The van der Waals surface area contributed by atoms with Crippen LogP contribution < -0.4 is 4.90 Å². The number of amides is 2. The lowest BCUT2D eigenvalue weighted by Crippen LogP contribution is -2.41. The summed E-state index contributed by atoms with van der Waals surface area (Å²) >= 11 is 0. The number of nitriles is 1. The zero-order valence-corrected chi connectivity index (χ0v) is 20.6. The smallest absolute Gasteiger partial charge is 0.415 e. The van der Waals surface area contributed by atoms with Crippen molar-refractivity contribution in [3.05, 3.63) is 11.3 Å². The molecular formula is C23H33N5O5. The van der Waals surface area contributed by atoms with Gasteiger partial charge in [-0.25, -0.2) is 14.3 Å². The molecule has 0 aliphatic carbocycles. The summed E-state index contributed by atoms with van der Waals surface area (Å²) in [5, 5.41) is 14.2. The number of likely N-dealkylation sites (tertiary alicyclic amines) is 1. The van der Waals surface area contributed by atoms with Crippen LogP contribution in [0.25, 0.3) is 0 Å². The van der Waals surface area contributed by atoms with Crippen molar-refractivity contribution in [1.29, 1.82) is 5.26 Å². The van der Waals surface area contributed by atoms with Crippen molar-refractivity contribution in [2.45, 2.75) is 71.2 Å². The van der Waals surface area contributed by atoms with Crippen molar-refractivity contribution in [3.8, 4) is 18.4 Å². The van der Waals surface area contributed by atoms with Crippen LogP contribution in [-0.4, -0.2) is 71.4 Å². The number of carbonyl (C=O) groups excluding carboxylic acids is 2. The molecule has 2 amide bonds. The first-order valence-corrected chi connectivity index (χ1v) is 10.7. The average molecular weight is 460 g/mol. The zero-order valence-electron chi connectivity index (χ0n) is 20.6. The van der Waals surface area contributed by atoms with E-state index < -0.39 is 23.4 Å². The molecule has 1 saturated heterocycles. The lowest BCUT2D eigenvalue weighted by Gasteiger charge is -2.28. The fraction of sp³-hybridized carbons (Fsp3) is 0.652. The van der Waals surface area contributed by atoms with Gasteiger partial charge in [-0.05, 0) is 53.9 Å². The number of methoxy groups -OCH3 is 1. The first kappa shape index (κ1) is 26.0. The maximum atomic E-state index is 12.8. The minimum absolute atomic E-state index is 0.0878. The van der Waals surface area contributed by atoms with Gasteiger partial charge in [0.05, 0.1) is 18.7 Å². The fourth-order valence-corrected chi connectivity index (χ4v) is 3.59. The molecule has 33 heavy (non-hydrogen) atoms. The highest BCUT2D eigenvalue weighted by atomic mass is 16.6. The topological polar surface area (TPSA) is 110 Å². The molecule has 0 bridgehead atoms. The zero-order chi connectivity index (χ0) is 25.1. The van der Waals surface area contributed by atoms with Gasteiger partial charge in [0.1, 0.15) is 22.8 Å². The molecule has 2 rings (SSSR count). The third-order valence-corrected chi connectivity index (χ3v) is 4.84. The van der Waals surface area contributed by atoms with Gasteiger partial charge in [0.2, 0.25) is 0 Å². The third-order valence-electron chi connectivity index (χ3n) is 4.84. The Bertz CT molecular complexity index is 974. The SMILES string of the molecule is C#Cc1nn([C@H]2C[C@H](COC)N(C(=O)OC(C)(C)C)C2)c(N(C)C(=O)OC(C)(C)C)c1C#N. The highest BCUT2D eigenvalue weighted by Gasteiger charge is 2.41. The summed E-state index contributed by atoms with van der Waals surface area (Å²) in [6.07, 6.45) is 4.93. The summed E-state index contributed by atoms with van der Waals surface area (Å²) < 4.78 is 17.9. The highest BCUT2D eigenvalue weighted by molar-refractivity contribution is 5.88. The first-order valence-electron chi connectivity index (χ1n) is 10.7. The number of terminal acetylenes is 1. The number of hydrogen-bond donors (Lipinski definition) is 0. The Balaban J connectivity index is 2.48. The van der Waals surface area contributed by atoms with Crippen LogP contribution in [0.5, 0.6) is 0 Å². The number of aromatic nitrogens is 2. The average Bonchev–Trinajstić information content (AvgIpc) is 3.25. The van der Waals surface area contributed by atoms with E-state index in [4.69, 9.17) is 20.6 Å². The van der Waals surface area contributed by atoms with E-state index >= 15 is 0 Å². The van der Waals surface area contributed by atoms with Gasteiger partial charge in [0.25, 0.3) is 0 Å². The molecule has 1 aromatic rings. The lowest BCUT2D eigenvalue weighted by molar-refractivity contribution is 0.0145. The molecule has 0 radical (unpaired) electrons. The van der Waals surface area contributed by atoms with Gasteiger partial charge in [-0.15, -0.1) is 6.42 Å². The largest absolute Gasteiger partial charge is 0.444 e. The fourth-order valence-electron chi connectivity index (χ4n) is 3.59. The molecule has 0 aromatic carbocycles. The predicted molar refractivity (Wildman–Crippen MR) is 122 cm³/mol. The Morgan fingerprint density at radius 1 is 1.21 bits per heavy atom. The van der Waals surface area contributed by atoms with Crippen LogP contribution in [0.3, 0.4) is 0 Å². The molecule has 1 aliphatic heterocycles. The molecule has 0 saturated carbocycles. The van der Waals surface area contributed by atoms with Crippen molar-refractivity contribution in [1.82, 2.24) is 14.7 Å². The van der Waals surface area contributed by atoms with E-state index in [1.807, 2.05) is 0 Å². The third kappa shape index (κ3) is 6.17. The van der Waals surface area contributed by atoms with E-state index in [9.17, 15) is 14.9 Å². The van der Waals surface area contributed by atoms with E-state index in [1.54, 1.807) is 53.6 Å². The van der Waals surface area contributed by atoms with E-state index in [0.29, 0.717) is 13.0 Å². The van der Waals surface area contributed by atoms with Crippen LogP contribution in [0.4, 0.5) is 15.4 Å². The van der Waals surface area contributed by atoms with Crippen molar-refractivity contribution in [2.24, 2.45) is 0 Å². The van der Waals surface area contributed by atoms with Crippen molar-refractivity contribution < 1.29 is 23.8 Å².